The van der Waals surface area contributed by atoms with Gasteiger partial charge >= 0.3 is 0 Å². The largest absolute Gasteiger partial charge is 0.393 e. The van der Waals surface area contributed by atoms with E-state index in [9.17, 15) is 23.9 Å². The molecule has 3 N–H and O–H groups in total. The topological polar surface area (TPSA) is 113 Å². The predicted octanol–water partition coefficient (Wildman–Crippen LogP) is 4.09. The fraction of sp³-hybridized carbons (Fsp3) is 0.357. The van der Waals surface area contributed by atoms with Gasteiger partial charge in [0.05, 0.1) is 23.1 Å². The summed E-state index contributed by atoms with van der Waals surface area (Å²) in [7, 11) is 1.64. The first-order valence-corrected chi connectivity index (χ1v) is 12.2. The van der Waals surface area contributed by atoms with Crippen molar-refractivity contribution in [1.29, 1.82) is 0 Å². The van der Waals surface area contributed by atoms with E-state index in [-0.39, 0.29) is 17.1 Å². The van der Waals surface area contributed by atoms with Gasteiger partial charge in [0.15, 0.2) is 0 Å². The standard InChI is InChI=1S/C28H31FN4O4/c1-16-15-19(5-6-21(16)29)31-26(36)22-17(2)23(33(4)24(22)18-9-13-30-14-10-18)25(35)27(37)32-28(3)11-7-20(34)8-12-28/h5-6,9-10,13-15,20,34H,7-8,11-12H2,1-4H3,(H,31,36)(H,32,37)/t20-,28+. The summed E-state index contributed by atoms with van der Waals surface area (Å²) in [5.74, 6) is -2.38. The summed E-state index contributed by atoms with van der Waals surface area (Å²) < 4.78 is 15.3. The number of rotatable bonds is 6. The summed E-state index contributed by atoms with van der Waals surface area (Å²) >= 11 is 0. The van der Waals surface area contributed by atoms with Gasteiger partial charge in [0.25, 0.3) is 17.6 Å². The lowest BCUT2D eigenvalue weighted by Crippen LogP contribution is -2.51. The first kappa shape index (κ1) is 26.2. The van der Waals surface area contributed by atoms with Crippen molar-refractivity contribution in [3.63, 3.8) is 0 Å². The van der Waals surface area contributed by atoms with Crippen molar-refractivity contribution < 1.29 is 23.9 Å². The van der Waals surface area contributed by atoms with Crippen LogP contribution in [0, 0.1) is 19.7 Å². The van der Waals surface area contributed by atoms with Crippen molar-refractivity contribution in [2.24, 2.45) is 7.05 Å². The first-order chi connectivity index (χ1) is 17.5. The van der Waals surface area contributed by atoms with Gasteiger partial charge < -0.3 is 20.3 Å². The van der Waals surface area contributed by atoms with Gasteiger partial charge in [0.2, 0.25) is 0 Å². The van der Waals surface area contributed by atoms with Crippen molar-refractivity contribution >= 4 is 23.3 Å². The molecule has 2 aromatic heterocycles. The third-order valence-corrected chi connectivity index (χ3v) is 7.13. The van der Waals surface area contributed by atoms with E-state index >= 15 is 0 Å². The van der Waals surface area contributed by atoms with Crippen LogP contribution in [0.15, 0.2) is 42.7 Å². The van der Waals surface area contributed by atoms with Crippen molar-refractivity contribution in [2.75, 3.05) is 5.32 Å². The number of halogens is 1. The molecule has 0 unspecified atom stereocenters. The Labute approximate surface area is 214 Å². The van der Waals surface area contributed by atoms with Crippen LogP contribution in [0.4, 0.5) is 10.1 Å². The predicted molar refractivity (Wildman–Crippen MR) is 138 cm³/mol. The number of carbonyl (C=O) groups is 3. The highest BCUT2D eigenvalue weighted by Gasteiger charge is 2.36. The normalized spacial score (nSPS) is 19.4. The molecule has 0 radical (unpaired) electrons. The fourth-order valence-electron chi connectivity index (χ4n) is 4.99. The van der Waals surface area contributed by atoms with Crippen LogP contribution in [0.5, 0.6) is 0 Å². The Morgan fingerprint density at radius 2 is 1.76 bits per heavy atom. The number of hydrogen-bond acceptors (Lipinski definition) is 5. The second kappa shape index (κ2) is 10.3. The van der Waals surface area contributed by atoms with Crippen LogP contribution in [-0.4, -0.2) is 43.9 Å². The van der Waals surface area contributed by atoms with E-state index in [0.717, 1.165) is 0 Å². The van der Waals surface area contributed by atoms with E-state index in [2.05, 4.69) is 15.6 Å². The van der Waals surface area contributed by atoms with Gasteiger partial charge in [0.1, 0.15) is 5.82 Å². The molecule has 0 atom stereocenters. The van der Waals surface area contributed by atoms with Crippen LogP contribution in [-0.2, 0) is 11.8 Å². The monoisotopic (exact) mass is 506 g/mol. The maximum Gasteiger partial charge on any atom is 0.294 e. The first-order valence-electron chi connectivity index (χ1n) is 12.2. The molecule has 2 amide bonds. The van der Waals surface area contributed by atoms with Gasteiger partial charge in [-0.05, 0) is 87.9 Å². The maximum absolute atomic E-state index is 13.7. The van der Waals surface area contributed by atoms with Crippen LogP contribution in [0.25, 0.3) is 11.3 Å². The Morgan fingerprint density at radius 1 is 1.11 bits per heavy atom. The Morgan fingerprint density at radius 3 is 2.38 bits per heavy atom. The van der Waals surface area contributed by atoms with E-state index in [4.69, 9.17) is 0 Å². The number of pyridine rings is 1. The molecule has 1 aromatic carbocycles. The molecule has 1 aliphatic carbocycles. The van der Waals surface area contributed by atoms with Crippen LogP contribution in [0.2, 0.25) is 0 Å². The van der Waals surface area contributed by atoms with Crippen LogP contribution in [0.1, 0.15) is 64.6 Å². The molecule has 1 saturated carbocycles. The van der Waals surface area contributed by atoms with Crippen LogP contribution < -0.4 is 10.6 Å². The highest BCUT2D eigenvalue weighted by atomic mass is 19.1. The minimum Gasteiger partial charge on any atom is -0.393 e. The van der Waals surface area contributed by atoms with Gasteiger partial charge in [-0.25, -0.2) is 4.39 Å². The fourth-order valence-corrected chi connectivity index (χ4v) is 4.99. The molecule has 1 fully saturated rings. The zero-order valence-electron chi connectivity index (χ0n) is 21.4. The Bertz CT molecular complexity index is 1360. The number of carbonyl (C=O) groups excluding carboxylic acids is 3. The quantitative estimate of drug-likeness (QED) is 0.344. The molecular formula is C28H31FN4O4. The molecular weight excluding hydrogens is 475 g/mol. The molecule has 0 saturated heterocycles. The third kappa shape index (κ3) is 5.32. The summed E-state index contributed by atoms with van der Waals surface area (Å²) in [6, 6.07) is 7.70. The van der Waals surface area contributed by atoms with Crippen molar-refractivity contribution in [3.05, 3.63) is 70.9 Å². The summed E-state index contributed by atoms with van der Waals surface area (Å²) in [6.07, 6.45) is 4.98. The number of aliphatic hydroxyl groups excluding tert-OH is 1. The number of Topliss-reactive ketones (excluding diaryl/α,β-unsaturated/α-hetero) is 1. The van der Waals surface area contributed by atoms with Gasteiger partial charge in [-0.2, -0.15) is 0 Å². The van der Waals surface area contributed by atoms with E-state index in [1.807, 2.05) is 6.92 Å². The highest BCUT2D eigenvalue weighted by molar-refractivity contribution is 6.43. The number of anilines is 1. The maximum atomic E-state index is 13.7. The second-order valence-electron chi connectivity index (χ2n) is 9.99. The molecule has 0 bridgehead atoms. The summed E-state index contributed by atoms with van der Waals surface area (Å²) in [5, 5.41) is 15.5. The second-order valence-corrected chi connectivity index (χ2v) is 9.99. The lowest BCUT2D eigenvalue weighted by atomic mass is 9.82. The third-order valence-electron chi connectivity index (χ3n) is 7.13. The lowest BCUT2D eigenvalue weighted by Gasteiger charge is -2.36. The Balaban J connectivity index is 1.72. The average molecular weight is 507 g/mol. The van der Waals surface area contributed by atoms with Crippen LogP contribution >= 0.6 is 0 Å². The number of nitrogens with zero attached hydrogens (tertiary/aromatic N) is 2. The van der Waals surface area contributed by atoms with Crippen molar-refractivity contribution in [3.8, 4) is 11.3 Å². The van der Waals surface area contributed by atoms with Gasteiger partial charge in [-0.1, -0.05) is 0 Å². The molecule has 37 heavy (non-hydrogen) atoms. The Hall–Kier alpha value is -3.85. The number of aryl methyl sites for hydroxylation is 1. The molecule has 1 aliphatic rings. The van der Waals surface area contributed by atoms with Gasteiger partial charge in [0, 0.05) is 36.2 Å². The zero-order chi connectivity index (χ0) is 26.9. The van der Waals surface area contributed by atoms with E-state index in [1.165, 1.54) is 18.2 Å². The zero-order valence-corrected chi connectivity index (χ0v) is 21.4. The van der Waals surface area contributed by atoms with Crippen LogP contribution in [0.3, 0.4) is 0 Å². The number of nitrogens with one attached hydrogen (secondary N) is 2. The van der Waals surface area contributed by atoms with E-state index < -0.39 is 29.2 Å². The average Bonchev–Trinajstić information content (AvgIpc) is 3.13. The number of ketones is 1. The molecule has 8 nitrogen and oxygen atoms in total. The van der Waals surface area contributed by atoms with Crippen molar-refractivity contribution in [2.45, 2.75) is 58.1 Å². The molecule has 3 aromatic rings. The van der Waals surface area contributed by atoms with E-state index in [1.54, 1.807) is 50.0 Å². The number of aromatic nitrogens is 2. The molecule has 194 valence electrons. The molecule has 2 heterocycles. The summed E-state index contributed by atoms with van der Waals surface area (Å²) in [5.41, 5.74) is 1.99. The smallest absolute Gasteiger partial charge is 0.294 e. The molecule has 9 heteroatoms. The van der Waals surface area contributed by atoms with Gasteiger partial charge in [-0.3, -0.25) is 19.4 Å². The van der Waals surface area contributed by atoms with E-state index in [0.29, 0.717) is 53.8 Å². The minimum atomic E-state index is -0.759. The molecule has 0 spiro atoms. The number of benzene rings is 1. The number of amides is 2. The summed E-state index contributed by atoms with van der Waals surface area (Å²) in [6.45, 7) is 5.10. The molecule has 4 rings (SSSR count). The SMILES string of the molecule is Cc1cc(NC(=O)c2c(C)c(C(=O)C(=O)N[C@]3(C)CC[C@H](O)CC3)n(C)c2-c2ccncc2)ccc1F. The number of aliphatic hydroxyl groups is 1. The molecule has 0 aliphatic heterocycles. The minimum absolute atomic E-state index is 0.101. The Kier molecular flexibility index (Phi) is 7.27. The lowest BCUT2D eigenvalue weighted by molar-refractivity contribution is -0.119. The highest BCUT2D eigenvalue weighted by Crippen LogP contribution is 2.33. The summed E-state index contributed by atoms with van der Waals surface area (Å²) in [4.78, 5) is 44.1. The van der Waals surface area contributed by atoms with Gasteiger partial charge in [-0.15, -0.1) is 0 Å². The van der Waals surface area contributed by atoms with Crippen molar-refractivity contribution in [1.82, 2.24) is 14.9 Å². The number of hydrogen-bond donors (Lipinski definition) is 3.